The second-order valence-corrected chi connectivity index (χ2v) is 21.7. The topological polar surface area (TPSA) is 470 Å². The van der Waals surface area contributed by atoms with E-state index < -0.39 is 234 Å². The molecule has 12 bridgehead atoms. The van der Waals surface area contributed by atoms with Crippen LogP contribution in [0.25, 0.3) is 0 Å². The summed E-state index contributed by atoms with van der Waals surface area (Å²) in [6, 6.07) is 3.12. The fourth-order valence-corrected chi connectivity index (χ4v) is 12.5. The summed E-state index contributed by atoms with van der Waals surface area (Å²) < 4.78 is 111. The van der Waals surface area contributed by atoms with Gasteiger partial charge in [0.1, 0.15) is 140 Å². The highest BCUT2D eigenvalue weighted by Gasteiger charge is 2.64. The monoisotopic (exact) mass is 1140 g/mol. The van der Waals surface area contributed by atoms with E-state index in [4.69, 9.17) is 65.8 Å². The molecule has 0 saturated carbocycles. The van der Waals surface area contributed by atoms with Crippen molar-refractivity contribution in [1.29, 1.82) is 0 Å². The summed E-state index contributed by atoms with van der Waals surface area (Å²) in [6.07, 6.45) is -55.6. The molecular formula is C45H68O31S. The molecule has 0 radical (unpaired) electrons. The molecular weight excluding hydrogens is 1070 g/mol. The Morgan fingerprint density at radius 1 is 0.351 bits per heavy atom. The van der Waals surface area contributed by atoms with Crippen molar-refractivity contribution < 1.29 is 151 Å². The first-order valence-electron chi connectivity index (χ1n) is 24.9. The number of hydrogen-bond donors (Lipinski definition) is 15. The van der Waals surface area contributed by atoms with Gasteiger partial charge in [0, 0.05) is 0 Å². The maximum atomic E-state index is 14.3. The van der Waals surface area contributed by atoms with Crippen molar-refractivity contribution in [3.05, 3.63) is 28.8 Å². The normalized spacial score (nSPS) is 49.7. The highest BCUT2D eigenvalue weighted by molar-refractivity contribution is 7.86. The Balaban J connectivity index is 1.06. The smallest absolute Gasteiger partial charge is 0.298 e. The third-order valence-electron chi connectivity index (χ3n) is 14.9. The molecule has 0 aromatic heterocycles. The van der Waals surface area contributed by atoms with Crippen LogP contribution in [0.2, 0.25) is 0 Å². The average molecular weight is 1140 g/mol. The SMILES string of the molecule is Cc1cc(C)c(S(=O)(=O)O[C@H]2[C@H]3O[C@H]4[C@@H]5O[C@H]5[C@@H](O[C@H]5[C@H](O)[C@@H](O)[C@@H](O[C@H]6[C@H](O)[C@@H](O)[C@@H](O[C@H]7[C@H](O)[C@@H](O)[C@@H](O[C@H]8[C@H](O)[C@@H](O)[C@@H](O[C@@H]([C@@H]2O)[C@@H](CO)O3)O[C@@H]8CO)O[C@@H]7CO)O[C@@H]6CO)O[C@@H]5CO)O[C@@H]4CO)c(C)c1. The number of ether oxygens (including phenoxy) is 13. The number of rotatable bonds is 9. The fourth-order valence-electron chi connectivity index (χ4n) is 11.0. The molecule has 17 aliphatic heterocycles. The molecule has 17 saturated heterocycles. The second kappa shape index (κ2) is 24.1. The molecule has 15 N–H and O–H groups in total. The lowest BCUT2D eigenvalue weighted by molar-refractivity contribution is -0.397. The van der Waals surface area contributed by atoms with Crippen molar-refractivity contribution in [3.8, 4) is 0 Å². The number of benzene rings is 1. The van der Waals surface area contributed by atoms with E-state index in [1.807, 2.05) is 0 Å². The second-order valence-electron chi connectivity index (χ2n) is 20.2. The highest BCUT2D eigenvalue weighted by atomic mass is 32.2. The largest absolute Gasteiger partial charge is 0.394 e. The van der Waals surface area contributed by atoms with Gasteiger partial charge in [-0.3, -0.25) is 4.18 Å². The van der Waals surface area contributed by atoms with Crippen LogP contribution in [0.4, 0.5) is 0 Å². The minimum absolute atomic E-state index is 0.242. The number of epoxide rings is 1. The third-order valence-corrected chi connectivity index (χ3v) is 16.5. The first-order valence-corrected chi connectivity index (χ1v) is 26.3. The maximum Gasteiger partial charge on any atom is 0.298 e. The molecule has 0 amide bonds. The van der Waals surface area contributed by atoms with Gasteiger partial charge in [0.2, 0.25) is 0 Å². The molecule has 77 heavy (non-hydrogen) atoms. The van der Waals surface area contributed by atoms with Gasteiger partial charge in [-0.2, -0.15) is 8.42 Å². The molecule has 0 unspecified atom stereocenters. The van der Waals surface area contributed by atoms with Crippen LogP contribution >= 0.6 is 0 Å². The summed E-state index contributed by atoms with van der Waals surface area (Å²) in [4.78, 5) is -0.303. The van der Waals surface area contributed by atoms with Gasteiger partial charge in [0.05, 0.1) is 44.5 Å². The Bertz CT molecular complexity index is 2220. The van der Waals surface area contributed by atoms with Gasteiger partial charge >= 0.3 is 0 Å². The quantitative estimate of drug-likeness (QED) is 0.0806. The minimum Gasteiger partial charge on any atom is -0.394 e. The molecule has 440 valence electrons. The first kappa shape index (κ1) is 59.6. The van der Waals surface area contributed by atoms with Gasteiger partial charge in [0.25, 0.3) is 10.1 Å². The van der Waals surface area contributed by atoms with Crippen LogP contribution in [-0.2, 0) is 75.9 Å². The van der Waals surface area contributed by atoms with Gasteiger partial charge < -0.3 is 138 Å². The molecule has 32 heteroatoms. The Hall–Kier alpha value is -1.99. The lowest BCUT2D eigenvalue weighted by Gasteiger charge is -2.50. The van der Waals surface area contributed by atoms with E-state index in [2.05, 4.69) is 0 Å². The van der Waals surface area contributed by atoms with Crippen molar-refractivity contribution in [2.45, 2.75) is 210 Å². The molecule has 0 spiro atoms. The summed E-state index contributed by atoms with van der Waals surface area (Å²) in [5.74, 6) is 0. The van der Waals surface area contributed by atoms with Crippen LogP contribution in [0.1, 0.15) is 16.7 Å². The Kier molecular flexibility index (Phi) is 18.6. The van der Waals surface area contributed by atoms with Gasteiger partial charge in [0.15, 0.2) is 43.8 Å². The summed E-state index contributed by atoms with van der Waals surface area (Å²) in [5.41, 5.74) is 1.18. The highest BCUT2D eigenvalue weighted by Crippen LogP contribution is 2.44. The van der Waals surface area contributed by atoms with Crippen LogP contribution < -0.4 is 0 Å². The zero-order valence-corrected chi connectivity index (χ0v) is 42.2. The predicted molar refractivity (Wildman–Crippen MR) is 239 cm³/mol. The van der Waals surface area contributed by atoms with E-state index >= 15 is 0 Å². The summed E-state index contributed by atoms with van der Waals surface area (Å²) >= 11 is 0. The molecule has 31 nitrogen and oxygen atoms in total. The molecule has 1 aromatic rings. The number of aliphatic hydroxyl groups excluding tert-OH is 15. The van der Waals surface area contributed by atoms with Crippen molar-refractivity contribution in [1.82, 2.24) is 0 Å². The van der Waals surface area contributed by atoms with E-state index in [1.165, 1.54) is 13.8 Å². The molecule has 18 rings (SSSR count). The summed E-state index contributed by atoms with van der Waals surface area (Å²) in [7, 11) is -4.92. The minimum atomic E-state index is -4.92. The van der Waals surface area contributed by atoms with E-state index in [9.17, 15) is 85.0 Å². The Morgan fingerprint density at radius 3 is 0.987 bits per heavy atom. The average Bonchev–Trinajstić information content (AvgIpc) is 4.24. The zero-order valence-electron chi connectivity index (χ0n) is 41.4. The van der Waals surface area contributed by atoms with Gasteiger partial charge in [-0.1, -0.05) is 17.7 Å². The van der Waals surface area contributed by atoms with Crippen LogP contribution in [0.3, 0.4) is 0 Å². The Morgan fingerprint density at radius 2 is 0.636 bits per heavy atom. The lowest BCUT2D eigenvalue weighted by Crippen LogP contribution is -2.68. The van der Waals surface area contributed by atoms with Crippen LogP contribution in [-0.4, -0.2) is 309 Å². The van der Waals surface area contributed by atoms with Crippen molar-refractivity contribution in [3.63, 3.8) is 0 Å². The molecule has 17 heterocycles. The predicted octanol–water partition coefficient (Wildman–Crippen LogP) is -9.67. The van der Waals surface area contributed by atoms with E-state index in [1.54, 1.807) is 19.1 Å². The van der Waals surface area contributed by atoms with E-state index in [0.29, 0.717) is 5.56 Å². The van der Waals surface area contributed by atoms with Gasteiger partial charge in [-0.25, -0.2) is 0 Å². The molecule has 17 aliphatic rings. The fraction of sp³-hybridized carbons (Fsp3) is 0.867. The van der Waals surface area contributed by atoms with Crippen LogP contribution in [0.5, 0.6) is 0 Å². The summed E-state index contributed by atoms with van der Waals surface area (Å²) in [5, 5.41) is 166. The van der Waals surface area contributed by atoms with E-state index in [0.717, 1.165) is 0 Å². The summed E-state index contributed by atoms with van der Waals surface area (Å²) in [6.45, 7) is -1.13. The number of aliphatic hydroxyl groups is 15. The van der Waals surface area contributed by atoms with E-state index in [-0.39, 0.29) is 16.0 Å². The van der Waals surface area contributed by atoms with Crippen LogP contribution in [0.15, 0.2) is 17.0 Å². The lowest BCUT2D eigenvalue weighted by atomic mass is 9.95. The maximum absolute atomic E-state index is 14.3. The molecule has 30 atom stereocenters. The van der Waals surface area contributed by atoms with Crippen molar-refractivity contribution >= 4 is 10.1 Å². The van der Waals surface area contributed by atoms with Gasteiger partial charge in [-0.05, 0) is 31.9 Å². The zero-order chi connectivity index (χ0) is 55.7. The van der Waals surface area contributed by atoms with Crippen molar-refractivity contribution in [2.24, 2.45) is 0 Å². The molecule has 17 fully saturated rings. The Labute approximate surface area is 438 Å². The molecule has 1 aromatic carbocycles. The van der Waals surface area contributed by atoms with Gasteiger partial charge in [-0.15, -0.1) is 0 Å². The molecule has 0 aliphatic carbocycles. The van der Waals surface area contributed by atoms with Crippen LogP contribution in [0, 0.1) is 20.8 Å². The third kappa shape index (κ3) is 11.5. The van der Waals surface area contributed by atoms with Crippen molar-refractivity contribution in [2.75, 3.05) is 39.6 Å². The first-order chi connectivity index (χ1) is 36.6. The number of aryl methyl sites for hydroxylation is 3. The number of hydrogen-bond acceptors (Lipinski definition) is 31. The standard InChI is InChI=1S/C45H68O31S/c1-12-4-13(2)39(14(3)5-12)77(61,62)76-36-29(60)34-19(10-50)67-44(36)75-35-20(11-51)68-45(38-37(35)69-38)74-33-18(9-49)66-42(28(59)24(33)55)72-31-16(7-47)64-40(26(57)22(31)53)70-30-15(6-46)63-41(25(56)21(30)52)71-32-17(8-48)65-43(73-34)27(58)23(32)54/h4-5,15-38,40-60H,6-11H2,1-3H3/t15-,16-,17-,18-,19-,20-,21-,22-,23-,24-,25-,26-,27-,28-,29+,30-,31-,32-,33-,34-,35-,36-,37+,38-,40-,41-,42-,43-,44-,45-/m1/s1.